The van der Waals surface area contributed by atoms with Gasteiger partial charge in [0.25, 0.3) is 0 Å². The third-order valence-corrected chi connectivity index (χ3v) is 7.82. The minimum absolute atomic E-state index is 0.0796. The molecule has 2 aromatic carbocycles. The minimum atomic E-state index is -0.453. The van der Waals surface area contributed by atoms with Crippen molar-refractivity contribution in [3.63, 3.8) is 0 Å². The number of para-hydroxylation sites is 1. The number of aromatic nitrogens is 4. The smallest absolute Gasteiger partial charge is 0.375 e. The Hall–Kier alpha value is -3.56. The van der Waals surface area contributed by atoms with Crippen molar-refractivity contribution in [3.8, 4) is 11.3 Å². The summed E-state index contributed by atoms with van der Waals surface area (Å²) in [6.07, 6.45) is 12.3. The Morgan fingerprint density at radius 3 is 2.37 bits per heavy atom. The van der Waals surface area contributed by atoms with Gasteiger partial charge in [0.1, 0.15) is 6.20 Å². The van der Waals surface area contributed by atoms with E-state index in [0.717, 1.165) is 54.3 Å². The van der Waals surface area contributed by atoms with Crippen LogP contribution in [0, 0.1) is 10.1 Å². The molecule has 8 nitrogen and oxygen atoms in total. The number of ether oxygens (including phenoxy) is 1. The number of rotatable bonds is 15. The highest BCUT2D eigenvalue weighted by atomic mass is 32.1. The topological polar surface area (TPSA) is 87.5 Å². The summed E-state index contributed by atoms with van der Waals surface area (Å²) < 4.78 is 11.5. The first-order valence-electron chi connectivity index (χ1n) is 13.4. The van der Waals surface area contributed by atoms with Crippen LogP contribution < -0.4 is 0 Å². The molecule has 3 aromatic heterocycles. The SMILES string of the molecule is O=[N+]([O-])c1cn(CCCCCCCCCCOCc2c(-c3ccccc3)nc3sc4ccccc4n23)cn1. The summed E-state index contributed by atoms with van der Waals surface area (Å²) in [5.41, 5.74) is 4.44. The van der Waals surface area contributed by atoms with Gasteiger partial charge in [0, 0.05) is 18.7 Å². The third kappa shape index (κ3) is 6.28. The molecule has 0 aliphatic heterocycles. The second kappa shape index (κ2) is 12.8. The average molecular weight is 532 g/mol. The van der Waals surface area contributed by atoms with Crippen LogP contribution in [0.25, 0.3) is 26.4 Å². The minimum Gasteiger partial charge on any atom is -0.375 e. The molecule has 3 heterocycles. The Labute approximate surface area is 226 Å². The van der Waals surface area contributed by atoms with E-state index in [-0.39, 0.29) is 5.82 Å². The van der Waals surface area contributed by atoms with Crippen molar-refractivity contribution in [2.75, 3.05) is 6.61 Å². The predicted molar refractivity (Wildman–Crippen MR) is 151 cm³/mol. The molecule has 0 aliphatic rings. The molecule has 0 aliphatic carbocycles. The largest absolute Gasteiger partial charge is 0.381 e. The van der Waals surface area contributed by atoms with Gasteiger partial charge in [-0.15, -0.1) is 0 Å². The van der Waals surface area contributed by atoms with Gasteiger partial charge in [-0.2, -0.15) is 0 Å². The van der Waals surface area contributed by atoms with Crippen molar-refractivity contribution >= 4 is 32.3 Å². The van der Waals surface area contributed by atoms with Crippen molar-refractivity contribution in [2.45, 2.75) is 64.5 Å². The molecule has 0 unspecified atom stereocenters. The molecule has 0 saturated heterocycles. The Morgan fingerprint density at radius 1 is 0.895 bits per heavy atom. The lowest BCUT2D eigenvalue weighted by molar-refractivity contribution is -0.389. The molecule has 0 spiro atoms. The number of fused-ring (bicyclic) bond motifs is 3. The zero-order chi connectivity index (χ0) is 26.2. The number of nitro groups is 1. The van der Waals surface area contributed by atoms with Crippen molar-refractivity contribution in [1.82, 2.24) is 18.9 Å². The highest BCUT2D eigenvalue weighted by molar-refractivity contribution is 7.23. The van der Waals surface area contributed by atoms with Crippen LogP contribution in [0.2, 0.25) is 0 Å². The molecule has 5 rings (SSSR count). The summed E-state index contributed by atoms with van der Waals surface area (Å²) in [5, 5.41) is 10.7. The standard InChI is InChI=1S/C29H33N5O3S/c35-34(36)27-20-32(22-30-27)18-12-5-3-1-2-4-6-13-19-37-21-25-28(23-14-8-7-9-15-23)31-29-33(25)24-16-10-11-17-26(24)38-29/h7-11,14-17,20,22H,1-6,12-13,18-19,21H2. The van der Waals surface area contributed by atoms with Gasteiger partial charge in [-0.25, -0.2) is 4.98 Å². The van der Waals surface area contributed by atoms with Crippen LogP contribution in [0.15, 0.2) is 67.1 Å². The summed E-state index contributed by atoms with van der Waals surface area (Å²) in [5.74, 6) is -0.0796. The summed E-state index contributed by atoms with van der Waals surface area (Å²) in [6, 6.07) is 18.8. The molecule has 38 heavy (non-hydrogen) atoms. The van der Waals surface area contributed by atoms with Crippen LogP contribution in [0.5, 0.6) is 0 Å². The predicted octanol–water partition coefficient (Wildman–Crippen LogP) is 7.66. The zero-order valence-electron chi connectivity index (χ0n) is 21.5. The summed E-state index contributed by atoms with van der Waals surface area (Å²) in [4.78, 5) is 20.0. The van der Waals surface area contributed by atoms with Crippen LogP contribution in [0.3, 0.4) is 0 Å². The van der Waals surface area contributed by atoms with Crippen molar-refractivity contribution in [1.29, 1.82) is 0 Å². The maximum atomic E-state index is 10.7. The highest BCUT2D eigenvalue weighted by Crippen LogP contribution is 2.33. The fourth-order valence-electron chi connectivity index (χ4n) is 4.83. The van der Waals surface area contributed by atoms with E-state index < -0.39 is 4.92 Å². The molecule has 0 bridgehead atoms. The van der Waals surface area contributed by atoms with Crippen LogP contribution in [-0.4, -0.2) is 30.5 Å². The lowest BCUT2D eigenvalue weighted by Gasteiger charge is -2.08. The quantitative estimate of drug-likeness (QED) is 0.0786. The second-order valence-corrected chi connectivity index (χ2v) is 10.6. The Bertz CT molecular complexity index is 1470. The molecular weight excluding hydrogens is 498 g/mol. The first-order chi connectivity index (χ1) is 18.7. The lowest BCUT2D eigenvalue weighted by Crippen LogP contribution is -2.00. The number of nitrogens with zero attached hydrogens (tertiary/aromatic N) is 5. The van der Waals surface area contributed by atoms with Crippen LogP contribution in [0.4, 0.5) is 5.82 Å². The maximum absolute atomic E-state index is 10.7. The summed E-state index contributed by atoms with van der Waals surface area (Å²) in [7, 11) is 0. The number of imidazole rings is 2. The van der Waals surface area contributed by atoms with E-state index in [2.05, 4.69) is 57.9 Å². The molecule has 0 N–H and O–H groups in total. The van der Waals surface area contributed by atoms with Gasteiger partial charge in [-0.1, -0.05) is 92.3 Å². The van der Waals surface area contributed by atoms with Crippen molar-refractivity contribution in [2.24, 2.45) is 0 Å². The van der Waals surface area contributed by atoms with Gasteiger partial charge in [0.2, 0.25) is 6.33 Å². The third-order valence-electron chi connectivity index (χ3n) is 6.80. The maximum Gasteiger partial charge on any atom is 0.381 e. The van der Waals surface area contributed by atoms with Gasteiger partial charge >= 0.3 is 5.82 Å². The monoisotopic (exact) mass is 531 g/mol. The zero-order valence-corrected chi connectivity index (χ0v) is 22.3. The fraction of sp³-hybridized carbons (Fsp3) is 0.379. The number of thiazole rings is 1. The van der Waals surface area contributed by atoms with E-state index >= 15 is 0 Å². The average Bonchev–Trinajstić information content (AvgIpc) is 3.64. The van der Waals surface area contributed by atoms with Gasteiger partial charge in [-0.3, -0.25) is 4.40 Å². The molecule has 0 fully saturated rings. The highest BCUT2D eigenvalue weighted by Gasteiger charge is 2.18. The van der Waals surface area contributed by atoms with Gasteiger partial charge in [0.05, 0.1) is 28.2 Å². The molecule has 0 saturated carbocycles. The molecule has 0 radical (unpaired) electrons. The Balaban J connectivity index is 1.02. The van der Waals surface area contributed by atoms with E-state index in [1.54, 1.807) is 22.2 Å². The Morgan fingerprint density at radius 2 is 1.61 bits per heavy atom. The first kappa shape index (κ1) is 26.1. The van der Waals surface area contributed by atoms with E-state index in [9.17, 15) is 10.1 Å². The first-order valence-corrected chi connectivity index (χ1v) is 14.2. The number of unbranched alkanes of at least 4 members (excludes halogenated alkanes) is 7. The molecular formula is C29H33N5O3S. The number of benzene rings is 2. The van der Waals surface area contributed by atoms with Gasteiger partial charge < -0.3 is 19.4 Å². The molecule has 5 aromatic rings. The van der Waals surface area contributed by atoms with Crippen LogP contribution in [-0.2, 0) is 17.9 Å². The van der Waals surface area contributed by atoms with E-state index in [4.69, 9.17) is 9.72 Å². The molecule has 0 atom stereocenters. The number of hydrogen-bond acceptors (Lipinski definition) is 6. The number of hydrogen-bond donors (Lipinski definition) is 0. The van der Waals surface area contributed by atoms with Crippen molar-refractivity contribution in [3.05, 3.63) is 82.9 Å². The van der Waals surface area contributed by atoms with E-state index in [1.807, 2.05) is 6.07 Å². The number of aryl methyl sites for hydroxylation is 1. The summed E-state index contributed by atoms with van der Waals surface area (Å²) in [6.45, 7) is 2.08. The fourth-order valence-corrected chi connectivity index (χ4v) is 5.87. The van der Waals surface area contributed by atoms with Crippen LogP contribution in [0.1, 0.15) is 57.1 Å². The van der Waals surface area contributed by atoms with Crippen LogP contribution >= 0.6 is 11.3 Å². The normalized spacial score (nSPS) is 11.6. The lowest BCUT2D eigenvalue weighted by atomic mass is 10.1. The van der Waals surface area contributed by atoms with Gasteiger partial charge in [-0.05, 0) is 34.9 Å². The Kier molecular flexibility index (Phi) is 8.78. The molecule has 9 heteroatoms. The van der Waals surface area contributed by atoms with E-state index in [1.165, 1.54) is 48.5 Å². The molecule has 198 valence electrons. The van der Waals surface area contributed by atoms with Gasteiger partial charge in [0.15, 0.2) is 4.96 Å². The summed E-state index contributed by atoms with van der Waals surface area (Å²) >= 11 is 1.72. The van der Waals surface area contributed by atoms with E-state index in [0.29, 0.717) is 6.61 Å². The molecule has 0 amide bonds. The second-order valence-electron chi connectivity index (χ2n) is 9.57. The van der Waals surface area contributed by atoms with Crippen molar-refractivity contribution < 1.29 is 9.66 Å².